The highest BCUT2D eigenvalue weighted by atomic mass is 16.5. The van der Waals surface area contributed by atoms with Crippen molar-refractivity contribution in [2.75, 3.05) is 6.61 Å². The quantitative estimate of drug-likeness (QED) is 0.572. The molecule has 0 amide bonds. The average molecular weight is 232 g/mol. The van der Waals surface area contributed by atoms with Crippen LogP contribution in [-0.4, -0.2) is 24.1 Å². The van der Waals surface area contributed by atoms with Gasteiger partial charge in [0.25, 0.3) is 0 Å². The Hall–Kier alpha value is -1.97. The normalized spacial score (nSPS) is 19.2. The van der Waals surface area contributed by atoms with Crippen molar-refractivity contribution >= 4 is 17.5 Å². The number of hydrogen-bond acceptors (Lipinski definition) is 4. The van der Waals surface area contributed by atoms with Crippen LogP contribution in [0, 0.1) is 5.92 Å². The molecule has 0 saturated carbocycles. The number of esters is 1. The van der Waals surface area contributed by atoms with Gasteiger partial charge in [0.1, 0.15) is 0 Å². The van der Waals surface area contributed by atoms with Gasteiger partial charge in [0.15, 0.2) is 24.1 Å². The number of ketones is 2. The molecule has 1 saturated heterocycles. The predicted molar refractivity (Wildman–Crippen MR) is 59.2 cm³/mol. The third-order valence-electron chi connectivity index (χ3n) is 2.74. The van der Waals surface area contributed by atoms with E-state index in [0.717, 1.165) is 5.56 Å². The number of carbonyl (C=O) groups is 3. The molecule has 1 heterocycles. The summed E-state index contributed by atoms with van der Waals surface area (Å²) in [5, 5.41) is 0. The summed E-state index contributed by atoms with van der Waals surface area (Å²) in [6.45, 7) is -0.263. The van der Waals surface area contributed by atoms with Crippen LogP contribution >= 0.6 is 0 Å². The van der Waals surface area contributed by atoms with Crippen LogP contribution in [0.2, 0.25) is 0 Å². The molecule has 4 heteroatoms. The van der Waals surface area contributed by atoms with Crippen molar-refractivity contribution < 1.29 is 19.1 Å². The minimum Gasteiger partial charge on any atom is -0.457 e. The van der Waals surface area contributed by atoms with Crippen molar-refractivity contribution in [2.24, 2.45) is 5.92 Å². The molecule has 0 aromatic heterocycles. The minimum absolute atomic E-state index is 0.190. The van der Waals surface area contributed by atoms with Gasteiger partial charge in [-0.25, -0.2) is 0 Å². The van der Waals surface area contributed by atoms with E-state index in [1.807, 2.05) is 30.3 Å². The Bertz CT molecular complexity index is 434. The van der Waals surface area contributed by atoms with Crippen LogP contribution in [-0.2, 0) is 25.5 Å². The molecule has 88 valence electrons. The first-order valence-corrected chi connectivity index (χ1v) is 5.44. The van der Waals surface area contributed by atoms with E-state index in [1.54, 1.807) is 0 Å². The molecular weight excluding hydrogens is 220 g/mol. The zero-order valence-corrected chi connectivity index (χ0v) is 9.22. The van der Waals surface area contributed by atoms with Crippen LogP contribution in [0.1, 0.15) is 12.0 Å². The largest absolute Gasteiger partial charge is 0.457 e. The van der Waals surface area contributed by atoms with Gasteiger partial charge in [0.05, 0.1) is 0 Å². The highest BCUT2D eigenvalue weighted by Crippen LogP contribution is 2.15. The van der Waals surface area contributed by atoms with Gasteiger partial charge in [-0.1, -0.05) is 30.3 Å². The summed E-state index contributed by atoms with van der Waals surface area (Å²) in [6, 6.07) is 9.47. The lowest BCUT2D eigenvalue weighted by atomic mass is 9.96. The second-order valence-corrected chi connectivity index (χ2v) is 3.96. The maximum atomic E-state index is 11.7. The summed E-state index contributed by atoms with van der Waals surface area (Å²) in [5.41, 5.74) is 1.01. The van der Waals surface area contributed by atoms with Crippen LogP contribution in [0.3, 0.4) is 0 Å². The third kappa shape index (κ3) is 2.58. The molecule has 2 rings (SSSR count). The monoisotopic (exact) mass is 232 g/mol. The number of carbonyl (C=O) groups excluding carboxylic acids is 3. The fourth-order valence-electron chi connectivity index (χ4n) is 1.81. The lowest BCUT2D eigenvalue weighted by molar-refractivity contribution is -0.144. The Morgan fingerprint density at radius 2 is 1.94 bits per heavy atom. The molecule has 17 heavy (non-hydrogen) atoms. The number of benzene rings is 1. The van der Waals surface area contributed by atoms with E-state index in [9.17, 15) is 14.4 Å². The zero-order valence-electron chi connectivity index (χ0n) is 9.22. The van der Waals surface area contributed by atoms with Crippen LogP contribution < -0.4 is 0 Å². The molecule has 1 aromatic carbocycles. The second-order valence-electron chi connectivity index (χ2n) is 3.96. The Kier molecular flexibility index (Phi) is 3.32. The maximum absolute atomic E-state index is 11.7. The first-order valence-electron chi connectivity index (χ1n) is 5.44. The van der Waals surface area contributed by atoms with Gasteiger partial charge in [0, 0.05) is 6.42 Å². The molecule has 1 atom stereocenters. The summed E-state index contributed by atoms with van der Waals surface area (Å²) in [6.07, 6.45) is 0.728. The number of rotatable bonds is 4. The highest BCUT2D eigenvalue weighted by Gasteiger charge is 2.40. The van der Waals surface area contributed by atoms with Crippen molar-refractivity contribution in [1.29, 1.82) is 0 Å². The zero-order chi connectivity index (χ0) is 12.3. The summed E-state index contributed by atoms with van der Waals surface area (Å²) >= 11 is 0. The molecule has 1 aromatic rings. The van der Waals surface area contributed by atoms with Gasteiger partial charge < -0.3 is 4.74 Å². The molecule has 0 bridgehead atoms. The van der Waals surface area contributed by atoms with Crippen LogP contribution in [0.15, 0.2) is 30.3 Å². The number of aryl methyl sites for hydroxylation is 1. The average Bonchev–Trinajstić information content (AvgIpc) is 2.67. The van der Waals surface area contributed by atoms with E-state index in [-0.39, 0.29) is 18.8 Å². The van der Waals surface area contributed by atoms with Crippen LogP contribution in [0.25, 0.3) is 0 Å². The predicted octanol–water partition coefficient (Wildman–Crippen LogP) is 0.930. The van der Waals surface area contributed by atoms with Gasteiger partial charge in [-0.2, -0.15) is 0 Å². The van der Waals surface area contributed by atoms with E-state index < -0.39 is 17.7 Å². The van der Waals surface area contributed by atoms with Crippen molar-refractivity contribution in [3.8, 4) is 0 Å². The molecule has 0 N–H and O–H groups in total. The number of ether oxygens (including phenoxy) is 1. The second kappa shape index (κ2) is 4.91. The SMILES string of the molecule is O=C(CCc1ccccc1)C1C(=O)COC1=O. The van der Waals surface area contributed by atoms with Gasteiger partial charge >= 0.3 is 5.97 Å². The van der Waals surface area contributed by atoms with E-state index in [1.165, 1.54) is 0 Å². The Labute approximate surface area is 98.6 Å². The molecule has 0 aliphatic carbocycles. The van der Waals surface area contributed by atoms with Crippen LogP contribution in [0.5, 0.6) is 0 Å². The lowest BCUT2D eigenvalue weighted by Gasteiger charge is -2.03. The van der Waals surface area contributed by atoms with Gasteiger partial charge in [-0.05, 0) is 12.0 Å². The molecule has 1 aliphatic rings. The van der Waals surface area contributed by atoms with Crippen molar-refractivity contribution in [1.82, 2.24) is 0 Å². The van der Waals surface area contributed by atoms with Crippen molar-refractivity contribution in [3.05, 3.63) is 35.9 Å². The summed E-state index contributed by atoms with van der Waals surface area (Å²) in [5.74, 6) is -2.65. The first-order chi connectivity index (χ1) is 8.18. The summed E-state index contributed by atoms with van der Waals surface area (Å²) in [7, 11) is 0. The molecule has 1 unspecified atom stereocenters. The number of cyclic esters (lactones) is 1. The van der Waals surface area contributed by atoms with Gasteiger partial charge in [0.2, 0.25) is 0 Å². The molecule has 1 aliphatic heterocycles. The molecule has 0 radical (unpaired) electrons. The maximum Gasteiger partial charge on any atom is 0.324 e. The fraction of sp³-hybridized carbons (Fsp3) is 0.308. The fourth-order valence-corrected chi connectivity index (χ4v) is 1.81. The molecule has 0 spiro atoms. The minimum atomic E-state index is -1.18. The van der Waals surface area contributed by atoms with E-state index in [4.69, 9.17) is 0 Å². The molecule has 1 fully saturated rings. The van der Waals surface area contributed by atoms with E-state index in [2.05, 4.69) is 4.74 Å². The standard InChI is InChI=1S/C13H12O4/c14-10(12-11(15)8-17-13(12)16)7-6-9-4-2-1-3-5-9/h1-5,12H,6-8H2. The Morgan fingerprint density at radius 1 is 1.24 bits per heavy atom. The molecular formula is C13H12O4. The van der Waals surface area contributed by atoms with Crippen molar-refractivity contribution in [3.63, 3.8) is 0 Å². The Balaban J connectivity index is 1.94. The van der Waals surface area contributed by atoms with Crippen LogP contribution in [0.4, 0.5) is 0 Å². The van der Waals surface area contributed by atoms with E-state index >= 15 is 0 Å². The summed E-state index contributed by atoms with van der Waals surface area (Å²) < 4.78 is 4.54. The molecule has 4 nitrogen and oxygen atoms in total. The smallest absolute Gasteiger partial charge is 0.324 e. The van der Waals surface area contributed by atoms with Crippen molar-refractivity contribution in [2.45, 2.75) is 12.8 Å². The topological polar surface area (TPSA) is 60.4 Å². The lowest BCUT2D eigenvalue weighted by Crippen LogP contribution is -2.26. The van der Waals surface area contributed by atoms with E-state index in [0.29, 0.717) is 6.42 Å². The number of hydrogen-bond donors (Lipinski definition) is 0. The highest BCUT2D eigenvalue weighted by molar-refractivity contribution is 6.20. The number of Topliss-reactive ketones (excluding diaryl/α,β-unsaturated/α-hetero) is 2. The Morgan fingerprint density at radius 3 is 2.53 bits per heavy atom. The van der Waals surface area contributed by atoms with Gasteiger partial charge in [-0.3, -0.25) is 14.4 Å². The first kappa shape index (κ1) is 11.5. The third-order valence-corrected chi connectivity index (χ3v) is 2.74. The van der Waals surface area contributed by atoms with Gasteiger partial charge in [-0.15, -0.1) is 0 Å². The summed E-state index contributed by atoms with van der Waals surface area (Å²) in [4.78, 5) is 34.2.